The Bertz CT molecular complexity index is 3430. The third kappa shape index (κ3) is 8.76. The quantitative estimate of drug-likeness (QED) is 0.109. The molecule has 4 aliphatic heterocycles. The smallest absolute Gasteiger partial charge is 0.411 e. The molecule has 0 spiro atoms. The first-order valence-electron chi connectivity index (χ1n) is 25.2. The van der Waals surface area contributed by atoms with E-state index in [0.29, 0.717) is 34.3 Å². The second-order valence-electron chi connectivity index (χ2n) is 18.8. The van der Waals surface area contributed by atoms with Crippen LogP contribution in [0.5, 0.6) is 11.8 Å². The molecule has 4 amide bonds. The summed E-state index contributed by atoms with van der Waals surface area (Å²) in [4.78, 5) is 71.0. The maximum absolute atomic E-state index is 15.2. The number of sulfonamides is 2. The van der Waals surface area contributed by atoms with Gasteiger partial charge in [-0.15, -0.1) is 0 Å². The van der Waals surface area contributed by atoms with Crippen LogP contribution in [0.15, 0.2) is 144 Å². The number of nitriles is 2. The minimum absolute atomic E-state index is 0.0449. The Morgan fingerprint density at radius 1 is 0.551 bits per heavy atom. The topological polar surface area (TPSA) is 260 Å². The molecule has 4 aliphatic rings. The van der Waals surface area contributed by atoms with Gasteiger partial charge in [0.05, 0.1) is 68.8 Å². The second-order valence-corrected chi connectivity index (χ2v) is 22.4. The van der Waals surface area contributed by atoms with E-state index in [9.17, 15) is 36.9 Å². The Morgan fingerprint density at radius 3 is 1.27 bits per heavy atom. The summed E-state index contributed by atoms with van der Waals surface area (Å²) in [7, 11) is -9.26. The van der Waals surface area contributed by atoms with Crippen molar-refractivity contribution in [1.29, 1.82) is 10.5 Å². The average Bonchev–Trinajstić information content (AvgIpc) is 3.75. The molecule has 2 unspecified atom stereocenters. The normalized spacial score (nSPS) is 19.6. The zero-order chi connectivity index (χ0) is 55.0. The second kappa shape index (κ2) is 20.9. The van der Waals surface area contributed by atoms with E-state index in [2.05, 4.69) is 9.97 Å². The van der Waals surface area contributed by atoms with Gasteiger partial charge in [-0.1, -0.05) is 36.4 Å². The molecule has 78 heavy (non-hydrogen) atoms. The van der Waals surface area contributed by atoms with Gasteiger partial charge in [-0.2, -0.15) is 19.1 Å². The van der Waals surface area contributed by atoms with Crippen molar-refractivity contribution in [2.45, 2.75) is 60.5 Å². The Kier molecular flexibility index (Phi) is 14.1. The fraction of sp³-hybridized carbons (Fsp3) is 0.286. The summed E-state index contributed by atoms with van der Waals surface area (Å²) in [5, 5.41) is 20.1. The van der Waals surface area contributed by atoms with E-state index in [0.717, 1.165) is 0 Å². The van der Waals surface area contributed by atoms with Gasteiger partial charge in [0.25, 0.3) is 43.1 Å². The molecular weight excluding hydrogens is 1040 g/mol. The number of rotatable bonds is 13. The summed E-state index contributed by atoms with van der Waals surface area (Å²) in [6.45, 7) is 4.30. The van der Waals surface area contributed by atoms with Gasteiger partial charge in [0.2, 0.25) is 11.8 Å². The molecule has 4 aromatic carbocycles. The molecule has 2 fully saturated rings. The number of ether oxygens (including phenoxy) is 4. The van der Waals surface area contributed by atoms with E-state index in [-0.39, 0.29) is 118 Å². The molecule has 2 atom stereocenters. The summed E-state index contributed by atoms with van der Waals surface area (Å²) in [6, 6.07) is 32.7. The number of piperidine rings is 2. The van der Waals surface area contributed by atoms with E-state index in [1.807, 2.05) is 12.1 Å². The van der Waals surface area contributed by atoms with Gasteiger partial charge in [-0.3, -0.25) is 9.59 Å². The molecule has 0 saturated carbocycles. The summed E-state index contributed by atoms with van der Waals surface area (Å²) in [5.41, 5.74) is -5.29. The zero-order valence-electron chi connectivity index (χ0n) is 42.2. The molecule has 6 heterocycles. The van der Waals surface area contributed by atoms with Crippen LogP contribution in [-0.2, 0) is 50.3 Å². The van der Waals surface area contributed by atoms with Gasteiger partial charge in [0.1, 0.15) is 0 Å². The highest BCUT2D eigenvalue weighted by atomic mass is 32.2. The number of carbonyl (C=O) groups excluding carboxylic acids is 4. The Hall–Kier alpha value is -8.86. The first-order valence-corrected chi connectivity index (χ1v) is 28.0. The number of benzene rings is 4. The van der Waals surface area contributed by atoms with Crippen LogP contribution in [0.25, 0.3) is 0 Å². The summed E-state index contributed by atoms with van der Waals surface area (Å²) in [6.07, 6.45) is 2.97. The van der Waals surface area contributed by atoms with Crippen molar-refractivity contribution in [3.63, 3.8) is 0 Å². The van der Waals surface area contributed by atoms with E-state index >= 15 is 9.59 Å². The third-order valence-electron chi connectivity index (χ3n) is 14.6. The highest BCUT2D eigenvalue weighted by Crippen LogP contribution is 2.54. The molecule has 0 bridgehead atoms. The van der Waals surface area contributed by atoms with Crippen molar-refractivity contribution in [2.75, 3.05) is 48.0 Å². The molecular formula is C56H50N8O12S2. The van der Waals surface area contributed by atoms with Crippen molar-refractivity contribution in [2.24, 2.45) is 11.8 Å². The zero-order valence-corrected chi connectivity index (χ0v) is 43.9. The van der Waals surface area contributed by atoms with Gasteiger partial charge in [-0.25, -0.2) is 36.4 Å². The van der Waals surface area contributed by atoms with Crippen LogP contribution in [-0.4, -0.2) is 100.0 Å². The lowest BCUT2D eigenvalue weighted by atomic mass is 9.79. The minimum Gasteiger partial charge on any atom is -0.478 e. The van der Waals surface area contributed by atoms with Crippen LogP contribution in [0.4, 0.5) is 21.0 Å². The third-order valence-corrected chi connectivity index (χ3v) is 18.0. The van der Waals surface area contributed by atoms with Gasteiger partial charge in [0.15, 0.2) is 0 Å². The fourth-order valence-electron chi connectivity index (χ4n) is 10.9. The van der Waals surface area contributed by atoms with Crippen molar-refractivity contribution in [3.05, 3.63) is 167 Å². The van der Waals surface area contributed by atoms with E-state index in [1.165, 1.54) is 131 Å². The Labute approximate surface area is 450 Å². The Balaban J connectivity index is 0.889. The summed E-state index contributed by atoms with van der Waals surface area (Å²) < 4.78 is 83.5. The van der Waals surface area contributed by atoms with E-state index in [4.69, 9.17) is 18.9 Å². The number of carbonyl (C=O) groups is 4. The first-order chi connectivity index (χ1) is 37.6. The minimum atomic E-state index is -4.63. The highest BCUT2D eigenvalue weighted by Gasteiger charge is 2.63. The van der Waals surface area contributed by atoms with Crippen LogP contribution < -0.4 is 18.1 Å². The molecule has 2 aromatic heterocycles. The summed E-state index contributed by atoms with van der Waals surface area (Å²) >= 11 is 0. The van der Waals surface area contributed by atoms with Crippen molar-refractivity contribution < 1.29 is 55.0 Å². The van der Waals surface area contributed by atoms with Crippen molar-refractivity contribution in [1.82, 2.24) is 19.8 Å². The predicted molar refractivity (Wildman–Crippen MR) is 278 cm³/mol. The highest BCUT2D eigenvalue weighted by molar-refractivity contribution is 7.94. The van der Waals surface area contributed by atoms with Crippen LogP contribution in [0.2, 0.25) is 0 Å². The number of amides is 4. The molecule has 0 aliphatic carbocycles. The predicted octanol–water partition coefficient (Wildman–Crippen LogP) is 7.37. The number of fused-ring (bicyclic) bond motifs is 2. The molecule has 20 nitrogen and oxygen atoms in total. The SMILES string of the molecule is CCOc1ncccc1C1(OC(=O)N2CCC(C3CCN(C(=O)OC4(c5cccnc5OCC)C(=O)N(S(=O)(=O)c5ccccc5)c5ccc(C#N)cc54)CC3)CC2)C(=O)N(S(=O)(=O)c2ccccc2)c2ccc(C#N)cc21. The first kappa shape index (κ1) is 52.6. The fourth-order valence-corrected chi connectivity index (χ4v) is 13.8. The van der Waals surface area contributed by atoms with E-state index in [1.54, 1.807) is 26.0 Å². The maximum atomic E-state index is 15.2. The number of hydrogen-bond donors (Lipinski definition) is 0. The summed E-state index contributed by atoms with van der Waals surface area (Å²) in [5.74, 6) is -2.33. The molecule has 0 N–H and O–H groups in total. The molecule has 2 saturated heterocycles. The van der Waals surface area contributed by atoms with Crippen molar-refractivity contribution >= 4 is 55.4 Å². The number of aromatic nitrogens is 2. The Morgan fingerprint density at radius 2 is 0.923 bits per heavy atom. The van der Waals surface area contributed by atoms with Crippen LogP contribution >= 0.6 is 0 Å². The number of hydrogen-bond acceptors (Lipinski definition) is 16. The average molecular weight is 1090 g/mol. The number of likely N-dealkylation sites (tertiary alicyclic amines) is 2. The van der Waals surface area contributed by atoms with Crippen LogP contribution in [0.1, 0.15) is 72.9 Å². The van der Waals surface area contributed by atoms with Gasteiger partial charge >= 0.3 is 12.2 Å². The standard InChI is InChI=1S/C56H50N8O12S2/c1-3-73-49-43(17-11-27-59-49)55(45-33-37(35-57)19-21-47(45)63(51(55)65)77(69,70)41-13-7-5-8-14-41)75-53(67)61-29-23-39(24-30-61)40-25-31-62(32-26-40)54(68)76-56(44-18-12-28-60-50(44)74-4-2)46-34-38(36-58)20-22-48(46)64(52(56)66)78(71,72)42-15-9-6-10-16-42/h5-22,27-28,33-34,39-40H,3-4,23-26,29-32H2,1-2H3. The monoisotopic (exact) mass is 1090 g/mol. The van der Waals surface area contributed by atoms with Gasteiger partial charge in [-0.05, 0) is 136 Å². The van der Waals surface area contributed by atoms with Gasteiger partial charge in [0, 0.05) is 49.7 Å². The lowest BCUT2D eigenvalue weighted by Crippen LogP contribution is -2.51. The lowest BCUT2D eigenvalue weighted by molar-refractivity contribution is -0.133. The number of nitrogens with zero attached hydrogens (tertiary/aromatic N) is 8. The molecule has 0 radical (unpaired) electrons. The molecule has 6 aromatic rings. The van der Waals surface area contributed by atoms with Crippen LogP contribution in [0, 0.1) is 34.5 Å². The van der Waals surface area contributed by atoms with Gasteiger partial charge < -0.3 is 28.7 Å². The molecule has 398 valence electrons. The van der Waals surface area contributed by atoms with E-state index < -0.39 is 55.2 Å². The number of anilines is 2. The molecule has 10 rings (SSSR count). The van der Waals surface area contributed by atoms with Crippen LogP contribution in [0.3, 0.4) is 0 Å². The molecule has 22 heteroatoms. The van der Waals surface area contributed by atoms with Crippen molar-refractivity contribution in [3.8, 4) is 23.9 Å². The lowest BCUT2D eigenvalue weighted by Gasteiger charge is -2.41. The number of pyridine rings is 2. The largest absolute Gasteiger partial charge is 0.478 e. The maximum Gasteiger partial charge on any atom is 0.411 e.